The molecule has 0 atom stereocenters. The van der Waals surface area contributed by atoms with Gasteiger partial charge in [-0.2, -0.15) is 0 Å². The molecule has 0 bridgehead atoms. The molecule has 0 unspecified atom stereocenters. The molecule has 208 valence electrons. The van der Waals surface area contributed by atoms with Gasteiger partial charge in [0.1, 0.15) is 11.2 Å². The van der Waals surface area contributed by atoms with Crippen molar-refractivity contribution < 1.29 is 30.5 Å². The number of hydrogen-bond acceptors (Lipinski definition) is 1. The lowest BCUT2D eigenvalue weighted by Gasteiger charge is -2.17. The maximum atomic E-state index is 9.75. The smallest absolute Gasteiger partial charge is 0.136 e. The lowest BCUT2D eigenvalue weighted by Crippen LogP contribution is -1.90. The van der Waals surface area contributed by atoms with Gasteiger partial charge in [-0.25, -0.2) is 0 Å². The van der Waals surface area contributed by atoms with E-state index >= 15 is 0 Å². The molecular weight excluding hydrogens is 544 g/mol. The van der Waals surface area contributed by atoms with Crippen molar-refractivity contribution in [3.05, 3.63) is 157 Å². The Hall–Kier alpha value is -5.92. The van der Waals surface area contributed by atoms with E-state index in [-0.39, 0.29) is 87.4 Å². The Morgan fingerprint density at radius 1 is 0.356 bits per heavy atom. The van der Waals surface area contributed by atoms with E-state index in [9.17, 15) is 9.60 Å². The molecule has 0 saturated heterocycles. The van der Waals surface area contributed by atoms with Crippen LogP contribution in [0.2, 0.25) is 0 Å². The van der Waals surface area contributed by atoms with Gasteiger partial charge in [0, 0.05) is 10.8 Å². The highest BCUT2D eigenvalue weighted by molar-refractivity contribution is 6.28. The standard InChI is InChI=1S/C44H26O/c1-2-12-27(13-3-1)43-34-18-8-10-20-36(34)44(37-21-11-9-19-35(37)43)28-22-23-33-40-25-38-31-16-6-4-14-29(31)30-15-5-7-17-32(30)39(38)26-42(40)45-41(33)24-28/h1-26H/i4D,5D,6D,7D,8D,9D,10D,11D,14D,15D,16D,17D,18D,20D,21D,22D,23D,24D,26D. The molecule has 1 aromatic heterocycles. The van der Waals surface area contributed by atoms with E-state index in [1.807, 2.05) is 0 Å². The summed E-state index contributed by atoms with van der Waals surface area (Å²) in [5.41, 5.74) is -0.728. The molecular formula is C44H26O. The lowest BCUT2D eigenvalue weighted by molar-refractivity contribution is 0.669. The van der Waals surface area contributed by atoms with Crippen molar-refractivity contribution in [2.75, 3.05) is 0 Å². The van der Waals surface area contributed by atoms with Crippen LogP contribution in [0, 0.1) is 0 Å². The van der Waals surface area contributed by atoms with Gasteiger partial charge < -0.3 is 4.42 Å². The maximum Gasteiger partial charge on any atom is 0.136 e. The fourth-order valence-corrected chi connectivity index (χ4v) is 6.31. The minimum atomic E-state index is -0.679. The summed E-state index contributed by atoms with van der Waals surface area (Å²) in [4.78, 5) is 0. The molecule has 10 aromatic rings. The van der Waals surface area contributed by atoms with E-state index in [4.69, 9.17) is 20.9 Å². The molecule has 0 radical (unpaired) electrons. The Kier molecular flexibility index (Phi) is 2.60. The first-order valence-electron chi connectivity index (χ1n) is 23.5. The monoisotopic (exact) mass is 589 g/mol. The van der Waals surface area contributed by atoms with Crippen LogP contribution in [0.15, 0.2) is 162 Å². The molecule has 0 aliphatic carbocycles. The second-order valence-corrected chi connectivity index (χ2v) is 10.6. The van der Waals surface area contributed by atoms with Gasteiger partial charge in [-0.3, -0.25) is 0 Å². The van der Waals surface area contributed by atoms with Crippen molar-refractivity contribution in [1.29, 1.82) is 0 Å². The highest BCUT2D eigenvalue weighted by Crippen LogP contribution is 2.45. The van der Waals surface area contributed by atoms with Crippen LogP contribution in [-0.2, 0) is 0 Å². The third kappa shape index (κ3) is 3.50. The molecule has 0 amide bonds. The summed E-state index contributed by atoms with van der Waals surface area (Å²) in [5, 5.41) is -1.72. The molecule has 0 aliphatic rings. The molecule has 0 spiro atoms. The number of benzene rings is 9. The summed E-state index contributed by atoms with van der Waals surface area (Å²) in [6.45, 7) is 0. The van der Waals surface area contributed by atoms with Gasteiger partial charge in [0.05, 0.1) is 26.0 Å². The van der Waals surface area contributed by atoms with Gasteiger partial charge in [-0.15, -0.1) is 0 Å². The molecule has 1 heterocycles. The second kappa shape index (κ2) is 9.29. The second-order valence-electron chi connectivity index (χ2n) is 10.6. The van der Waals surface area contributed by atoms with E-state index in [1.54, 1.807) is 30.3 Å². The Morgan fingerprint density at radius 2 is 0.889 bits per heavy atom. The number of hydrogen-bond donors (Lipinski definition) is 0. The molecule has 0 N–H and O–H groups in total. The minimum absolute atomic E-state index is 0.0514. The topological polar surface area (TPSA) is 13.1 Å². The van der Waals surface area contributed by atoms with E-state index < -0.39 is 120 Å². The first-order valence-corrected chi connectivity index (χ1v) is 14.0. The van der Waals surface area contributed by atoms with Gasteiger partial charge >= 0.3 is 0 Å². The van der Waals surface area contributed by atoms with Crippen LogP contribution in [0.25, 0.3) is 98.1 Å². The zero-order valence-corrected chi connectivity index (χ0v) is 22.9. The fraction of sp³-hybridized carbons (Fsp3) is 0. The Balaban J connectivity index is 1.46. The molecule has 1 heteroatoms. The Bertz CT molecular complexity index is 3880. The van der Waals surface area contributed by atoms with E-state index in [0.717, 1.165) is 0 Å². The van der Waals surface area contributed by atoms with Crippen molar-refractivity contribution in [3.63, 3.8) is 0 Å². The van der Waals surface area contributed by atoms with Crippen LogP contribution < -0.4 is 0 Å². The van der Waals surface area contributed by atoms with Gasteiger partial charge in [-0.05, 0) is 100 Å². The molecule has 0 saturated carbocycles. The summed E-state index contributed by atoms with van der Waals surface area (Å²) in [5.74, 6) is 0. The molecule has 0 fully saturated rings. The molecule has 45 heavy (non-hydrogen) atoms. The molecule has 0 aliphatic heterocycles. The third-order valence-corrected chi connectivity index (χ3v) is 8.20. The van der Waals surface area contributed by atoms with Crippen LogP contribution >= 0.6 is 0 Å². The van der Waals surface area contributed by atoms with Crippen LogP contribution in [-0.4, -0.2) is 0 Å². The summed E-state index contributed by atoms with van der Waals surface area (Å²) in [6, 6.07) is -0.231. The minimum Gasteiger partial charge on any atom is -0.456 e. The van der Waals surface area contributed by atoms with Crippen LogP contribution in [0.1, 0.15) is 26.0 Å². The molecule has 10 rings (SSSR count). The highest BCUT2D eigenvalue weighted by atomic mass is 16.3. The summed E-state index contributed by atoms with van der Waals surface area (Å²) < 4.78 is 177. The van der Waals surface area contributed by atoms with Crippen LogP contribution in [0.5, 0.6) is 0 Å². The average Bonchev–Trinajstić information content (AvgIpc) is 3.68. The van der Waals surface area contributed by atoms with Crippen molar-refractivity contribution in [2.24, 2.45) is 0 Å². The van der Waals surface area contributed by atoms with E-state index in [2.05, 4.69) is 0 Å². The fourth-order valence-electron chi connectivity index (χ4n) is 6.31. The first kappa shape index (κ1) is 12.6. The summed E-state index contributed by atoms with van der Waals surface area (Å²) in [6.07, 6.45) is 0. The Labute approximate surface area is 286 Å². The van der Waals surface area contributed by atoms with E-state index in [1.165, 1.54) is 12.1 Å². The van der Waals surface area contributed by atoms with Crippen LogP contribution in [0.3, 0.4) is 0 Å². The van der Waals surface area contributed by atoms with Crippen molar-refractivity contribution >= 4 is 75.8 Å². The van der Waals surface area contributed by atoms with Gasteiger partial charge in [0.15, 0.2) is 0 Å². The normalized spacial score (nSPS) is 17.9. The third-order valence-electron chi connectivity index (χ3n) is 8.20. The zero-order chi connectivity index (χ0) is 46.0. The molecule has 1 nitrogen and oxygen atoms in total. The summed E-state index contributed by atoms with van der Waals surface area (Å²) >= 11 is 0. The van der Waals surface area contributed by atoms with Crippen molar-refractivity contribution in [1.82, 2.24) is 0 Å². The average molecular weight is 590 g/mol. The number of rotatable bonds is 2. The largest absolute Gasteiger partial charge is 0.456 e. The predicted molar refractivity (Wildman–Crippen MR) is 192 cm³/mol. The number of furan rings is 1. The van der Waals surface area contributed by atoms with Crippen LogP contribution in [0.4, 0.5) is 0 Å². The van der Waals surface area contributed by atoms with Crippen molar-refractivity contribution in [2.45, 2.75) is 0 Å². The van der Waals surface area contributed by atoms with Gasteiger partial charge in [0.25, 0.3) is 0 Å². The zero-order valence-electron chi connectivity index (χ0n) is 41.9. The highest BCUT2D eigenvalue weighted by Gasteiger charge is 2.18. The summed E-state index contributed by atoms with van der Waals surface area (Å²) in [7, 11) is 0. The molecule has 9 aromatic carbocycles. The lowest BCUT2D eigenvalue weighted by atomic mass is 9.86. The maximum absolute atomic E-state index is 9.75. The Morgan fingerprint density at radius 3 is 1.58 bits per heavy atom. The van der Waals surface area contributed by atoms with Gasteiger partial charge in [-0.1, -0.05) is 133 Å². The predicted octanol–water partition coefficient (Wildman–Crippen LogP) is 12.7. The van der Waals surface area contributed by atoms with Crippen molar-refractivity contribution in [3.8, 4) is 22.3 Å². The quantitative estimate of drug-likeness (QED) is 0.144. The number of fused-ring (bicyclic) bond motifs is 11. The SMILES string of the molecule is [2H]c1cc2c(-c3ccccc3)c3c([2H])c([2H])c([2H])c([2H])c3c(-c3c([2H])c([2H])c4c(oc5c([2H])c6c(cc54)c4c([2H])c([2H])c([2H])c([2H])c4c4c([2H])c([2H])c([2H])c([2H])c64)c3[2H])c2c([2H])c1[2H]. The first-order chi connectivity index (χ1) is 30.2. The van der Waals surface area contributed by atoms with E-state index in [0.29, 0.717) is 5.56 Å². The van der Waals surface area contributed by atoms with Gasteiger partial charge in [0.2, 0.25) is 0 Å².